The predicted molar refractivity (Wildman–Crippen MR) is 103 cm³/mol. The second kappa shape index (κ2) is 7.67. The lowest BCUT2D eigenvalue weighted by molar-refractivity contribution is 0.632. The third-order valence-electron chi connectivity index (χ3n) is 4.20. The van der Waals surface area contributed by atoms with Gasteiger partial charge in [-0.1, -0.05) is 61.9 Å². The Morgan fingerprint density at radius 2 is 1.42 bits per heavy atom. The molecule has 0 atom stereocenters. The SMILES string of the molecule is CCCc1ccc(-c2ccc(-c3ccc(SC)cc3)cc2F)cc1. The smallest absolute Gasteiger partial charge is 0.131 e. The summed E-state index contributed by atoms with van der Waals surface area (Å²) in [6.45, 7) is 2.16. The molecule has 0 amide bonds. The third-order valence-corrected chi connectivity index (χ3v) is 4.94. The number of aryl methyl sites for hydroxylation is 1. The van der Waals surface area contributed by atoms with Crippen molar-refractivity contribution < 1.29 is 4.39 Å². The van der Waals surface area contributed by atoms with Gasteiger partial charge in [-0.25, -0.2) is 4.39 Å². The fourth-order valence-electron chi connectivity index (χ4n) is 2.85. The van der Waals surface area contributed by atoms with Crippen molar-refractivity contribution in [3.05, 3.63) is 78.1 Å². The summed E-state index contributed by atoms with van der Waals surface area (Å²) in [5, 5.41) is 0. The van der Waals surface area contributed by atoms with E-state index in [9.17, 15) is 4.39 Å². The molecule has 24 heavy (non-hydrogen) atoms. The first-order valence-corrected chi connectivity index (χ1v) is 9.47. The minimum Gasteiger partial charge on any atom is -0.206 e. The molecular formula is C22H21FS. The van der Waals surface area contributed by atoms with Crippen LogP contribution in [-0.2, 0) is 6.42 Å². The fraction of sp³-hybridized carbons (Fsp3) is 0.182. The minimum absolute atomic E-state index is 0.176. The van der Waals surface area contributed by atoms with Crippen LogP contribution in [-0.4, -0.2) is 6.26 Å². The monoisotopic (exact) mass is 336 g/mol. The molecule has 0 spiro atoms. The summed E-state index contributed by atoms with van der Waals surface area (Å²) in [7, 11) is 0. The van der Waals surface area contributed by atoms with Crippen molar-refractivity contribution in [3.8, 4) is 22.3 Å². The van der Waals surface area contributed by atoms with E-state index in [1.54, 1.807) is 17.8 Å². The summed E-state index contributed by atoms with van der Waals surface area (Å²) in [5.41, 5.74) is 4.83. The molecule has 0 heterocycles. The van der Waals surface area contributed by atoms with E-state index < -0.39 is 0 Å². The molecule has 2 heteroatoms. The lowest BCUT2D eigenvalue weighted by Gasteiger charge is -2.08. The maximum Gasteiger partial charge on any atom is 0.131 e. The molecule has 122 valence electrons. The largest absolute Gasteiger partial charge is 0.206 e. The van der Waals surface area contributed by atoms with E-state index in [-0.39, 0.29) is 5.82 Å². The van der Waals surface area contributed by atoms with Gasteiger partial charge in [0.1, 0.15) is 5.82 Å². The van der Waals surface area contributed by atoms with E-state index in [1.165, 1.54) is 10.5 Å². The summed E-state index contributed by atoms with van der Waals surface area (Å²) in [6, 6.07) is 21.9. The van der Waals surface area contributed by atoms with Gasteiger partial charge in [0.15, 0.2) is 0 Å². The van der Waals surface area contributed by atoms with Crippen molar-refractivity contribution in [1.29, 1.82) is 0 Å². The Hall–Kier alpha value is -2.06. The first kappa shape index (κ1) is 16.8. The number of hydrogen-bond acceptors (Lipinski definition) is 1. The van der Waals surface area contributed by atoms with Crippen LogP contribution in [0, 0.1) is 5.82 Å². The highest BCUT2D eigenvalue weighted by molar-refractivity contribution is 7.98. The highest BCUT2D eigenvalue weighted by atomic mass is 32.2. The summed E-state index contributed by atoms with van der Waals surface area (Å²) >= 11 is 1.71. The molecule has 0 radical (unpaired) electrons. The van der Waals surface area contributed by atoms with Gasteiger partial charge in [0.05, 0.1) is 0 Å². The molecule has 0 aliphatic carbocycles. The molecule has 0 unspecified atom stereocenters. The van der Waals surface area contributed by atoms with Gasteiger partial charge in [-0.2, -0.15) is 0 Å². The van der Waals surface area contributed by atoms with Crippen LogP contribution in [0.25, 0.3) is 22.3 Å². The Labute approximate surface area is 147 Å². The Morgan fingerprint density at radius 1 is 0.792 bits per heavy atom. The zero-order chi connectivity index (χ0) is 16.9. The van der Waals surface area contributed by atoms with Crippen molar-refractivity contribution in [3.63, 3.8) is 0 Å². The molecule has 0 aromatic heterocycles. The van der Waals surface area contributed by atoms with E-state index in [0.717, 1.165) is 29.5 Å². The van der Waals surface area contributed by atoms with Crippen LogP contribution in [0.3, 0.4) is 0 Å². The number of thioether (sulfide) groups is 1. The molecule has 0 nitrogen and oxygen atoms in total. The quantitative estimate of drug-likeness (QED) is 0.460. The molecular weight excluding hydrogens is 315 g/mol. The summed E-state index contributed by atoms with van der Waals surface area (Å²) in [4.78, 5) is 1.21. The van der Waals surface area contributed by atoms with Gasteiger partial charge in [-0.3, -0.25) is 0 Å². The normalized spacial score (nSPS) is 10.8. The Morgan fingerprint density at radius 3 is 2.00 bits per heavy atom. The third kappa shape index (κ3) is 3.70. The molecule has 0 saturated heterocycles. The molecule has 0 N–H and O–H groups in total. The van der Waals surface area contributed by atoms with Crippen LogP contribution in [0.4, 0.5) is 4.39 Å². The van der Waals surface area contributed by atoms with E-state index >= 15 is 0 Å². The van der Waals surface area contributed by atoms with Crippen LogP contribution in [0.2, 0.25) is 0 Å². The molecule has 0 aliphatic heterocycles. The van der Waals surface area contributed by atoms with Crippen molar-refractivity contribution in [2.24, 2.45) is 0 Å². The van der Waals surface area contributed by atoms with E-state index in [2.05, 4.69) is 37.4 Å². The van der Waals surface area contributed by atoms with E-state index in [0.29, 0.717) is 5.56 Å². The standard InChI is InChI=1S/C22H21FS/c1-3-4-16-5-7-18(8-6-16)21-14-11-19(15-22(21)23)17-9-12-20(24-2)13-10-17/h5-15H,3-4H2,1-2H3. The van der Waals surface area contributed by atoms with Crippen molar-refractivity contribution >= 4 is 11.8 Å². The molecule has 3 aromatic rings. The Kier molecular flexibility index (Phi) is 5.37. The van der Waals surface area contributed by atoms with Gasteiger partial charge in [-0.15, -0.1) is 11.8 Å². The lowest BCUT2D eigenvalue weighted by Crippen LogP contribution is -1.88. The molecule has 3 rings (SSSR count). The van der Waals surface area contributed by atoms with E-state index in [1.807, 2.05) is 36.4 Å². The number of benzene rings is 3. The minimum atomic E-state index is -0.176. The van der Waals surface area contributed by atoms with Crippen molar-refractivity contribution in [2.75, 3.05) is 6.26 Å². The molecule has 0 aliphatic rings. The van der Waals surface area contributed by atoms with Gasteiger partial charge in [-0.05, 0) is 53.1 Å². The van der Waals surface area contributed by atoms with Gasteiger partial charge < -0.3 is 0 Å². The second-order valence-electron chi connectivity index (χ2n) is 5.87. The van der Waals surface area contributed by atoms with Crippen molar-refractivity contribution in [1.82, 2.24) is 0 Å². The van der Waals surface area contributed by atoms with Crippen LogP contribution in [0.1, 0.15) is 18.9 Å². The number of rotatable bonds is 5. The average molecular weight is 336 g/mol. The van der Waals surface area contributed by atoms with Gasteiger partial charge in [0, 0.05) is 10.5 Å². The maximum atomic E-state index is 14.6. The zero-order valence-electron chi connectivity index (χ0n) is 14.1. The number of halogens is 1. The molecule has 3 aromatic carbocycles. The number of hydrogen-bond donors (Lipinski definition) is 0. The van der Waals surface area contributed by atoms with Crippen LogP contribution in [0.15, 0.2) is 71.6 Å². The second-order valence-corrected chi connectivity index (χ2v) is 6.75. The fourth-order valence-corrected chi connectivity index (χ4v) is 3.26. The van der Waals surface area contributed by atoms with Crippen molar-refractivity contribution in [2.45, 2.75) is 24.7 Å². The first-order valence-electron chi connectivity index (χ1n) is 8.24. The first-order chi connectivity index (χ1) is 11.7. The molecule has 0 fully saturated rings. The summed E-state index contributed by atoms with van der Waals surface area (Å²) in [6.07, 6.45) is 4.24. The lowest BCUT2D eigenvalue weighted by atomic mass is 9.98. The Bertz CT molecular complexity index is 804. The summed E-state index contributed by atoms with van der Waals surface area (Å²) in [5.74, 6) is -0.176. The van der Waals surface area contributed by atoms with Gasteiger partial charge >= 0.3 is 0 Å². The molecule has 0 saturated carbocycles. The highest BCUT2D eigenvalue weighted by Gasteiger charge is 2.08. The predicted octanol–water partition coefficient (Wildman–Crippen LogP) is 6.83. The highest BCUT2D eigenvalue weighted by Crippen LogP contribution is 2.29. The van der Waals surface area contributed by atoms with Gasteiger partial charge in [0.2, 0.25) is 0 Å². The topological polar surface area (TPSA) is 0 Å². The van der Waals surface area contributed by atoms with Gasteiger partial charge in [0.25, 0.3) is 0 Å². The van der Waals surface area contributed by atoms with Crippen LogP contribution >= 0.6 is 11.8 Å². The maximum absolute atomic E-state index is 14.6. The van der Waals surface area contributed by atoms with Crippen LogP contribution in [0.5, 0.6) is 0 Å². The van der Waals surface area contributed by atoms with Crippen LogP contribution < -0.4 is 0 Å². The van der Waals surface area contributed by atoms with E-state index in [4.69, 9.17) is 0 Å². The Balaban J connectivity index is 1.88. The molecule has 0 bridgehead atoms. The average Bonchev–Trinajstić information content (AvgIpc) is 2.63. The zero-order valence-corrected chi connectivity index (χ0v) is 14.9. The summed E-state index contributed by atoms with van der Waals surface area (Å²) < 4.78 is 14.6.